The van der Waals surface area contributed by atoms with E-state index in [2.05, 4.69) is 0 Å². The van der Waals surface area contributed by atoms with E-state index < -0.39 is 0 Å². The summed E-state index contributed by atoms with van der Waals surface area (Å²) in [5.74, 6) is 2.67. The van der Waals surface area contributed by atoms with Gasteiger partial charge in [0.25, 0.3) is 0 Å². The van der Waals surface area contributed by atoms with Crippen LogP contribution in [0.5, 0.6) is 23.0 Å². The fraction of sp³-hybridized carbons (Fsp3) is 0.240. The molecule has 3 rings (SSSR count). The number of ether oxygens (including phenoxy) is 4. The van der Waals surface area contributed by atoms with E-state index in [0.29, 0.717) is 34.4 Å². The molecule has 0 aliphatic heterocycles. The Bertz CT molecular complexity index is 1070. The first-order valence-electron chi connectivity index (χ1n) is 10.0. The Morgan fingerprint density at radius 2 is 1.06 bits per heavy atom. The predicted octanol–water partition coefficient (Wildman–Crippen LogP) is 5.40. The lowest BCUT2D eigenvalue weighted by Crippen LogP contribution is -2.05. The van der Waals surface area contributed by atoms with Crippen LogP contribution in [0.3, 0.4) is 0 Å². The van der Waals surface area contributed by atoms with Gasteiger partial charge in [0.2, 0.25) is 0 Å². The van der Waals surface area contributed by atoms with Crippen LogP contribution in [0.1, 0.15) is 25.2 Å². The highest BCUT2D eigenvalue weighted by Gasteiger charge is 2.09. The molecule has 0 fully saturated rings. The number of benzene rings is 2. The number of aliphatic imine (C=N–C) groups is 2. The summed E-state index contributed by atoms with van der Waals surface area (Å²) in [5.41, 5.74) is 4.40. The van der Waals surface area contributed by atoms with Crippen LogP contribution < -0.4 is 18.9 Å². The van der Waals surface area contributed by atoms with Crippen LogP contribution in [0.2, 0.25) is 0 Å². The second-order valence-electron chi connectivity index (χ2n) is 6.88. The maximum absolute atomic E-state index is 5.44. The van der Waals surface area contributed by atoms with E-state index in [4.69, 9.17) is 33.9 Å². The van der Waals surface area contributed by atoms with Gasteiger partial charge in [0.1, 0.15) is 34.4 Å². The van der Waals surface area contributed by atoms with E-state index in [9.17, 15) is 0 Å². The van der Waals surface area contributed by atoms with Crippen molar-refractivity contribution in [3.05, 3.63) is 66.0 Å². The number of hydrogen-bond donors (Lipinski definition) is 0. The van der Waals surface area contributed by atoms with Gasteiger partial charge in [-0.05, 0) is 50.2 Å². The van der Waals surface area contributed by atoms with E-state index in [1.54, 1.807) is 40.6 Å². The van der Waals surface area contributed by atoms with Gasteiger partial charge >= 0.3 is 0 Å². The topological polar surface area (TPSA) is 74.5 Å². The number of nitrogens with zero attached hydrogens (tertiary/aromatic N) is 3. The van der Waals surface area contributed by atoms with Gasteiger partial charge in [-0.3, -0.25) is 0 Å². The fourth-order valence-corrected chi connectivity index (χ4v) is 3.07. The maximum Gasteiger partial charge on any atom is 0.148 e. The predicted molar refractivity (Wildman–Crippen MR) is 127 cm³/mol. The molecular weight excluding hydrogens is 406 g/mol. The summed E-state index contributed by atoms with van der Waals surface area (Å²) in [7, 11) is 6.44. The van der Waals surface area contributed by atoms with Crippen molar-refractivity contribution in [2.45, 2.75) is 13.8 Å². The molecule has 1 aromatic heterocycles. The number of pyridine rings is 1. The van der Waals surface area contributed by atoms with Crippen molar-refractivity contribution < 1.29 is 18.9 Å². The van der Waals surface area contributed by atoms with E-state index in [1.165, 1.54) is 0 Å². The monoisotopic (exact) mass is 433 g/mol. The van der Waals surface area contributed by atoms with Gasteiger partial charge in [-0.25, -0.2) is 15.0 Å². The Morgan fingerprint density at radius 1 is 0.625 bits per heavy atom. The molecule has 0 amide bonds. The van der Waals surface area contributed by atoms with Crippen molar-refractivity contribution in [1.82, 2.24) is 4.98 Å². The van der Waals surface area contributed by atoms with E-state index in [1.807, 2.05) is 56.3 Å². The number of rotatable bonds is 8. The molecule has 7 heteroatoms. The zero-order valence-electron chi connectivity index (χ0n) is 19.2. The molecule has 0 radical (unpaired) electrons. The van der Waals surface area contributed by atoms with Gasteiger partial charge in [-0.2, -0.15) is 0 Å². The zero-order valence-corrected chi connectivity index (χ0v) is 19.2. The molecule has 0 saturated carbocycles. The van der Waals surface area contributed by atoms with Crippen molar-refractivity contribution >= 4 is 22.8 Å². The Hall–Kier alpha value is -3.87. The molecule has 0 spiro atoms. The van der Waals surface area contributed by atoms with Gasteiger partial charge < -0.3 is 18.9 Å². The normalized spacial score (nSPS) is 11.8. The summed E-state index contributed by atoms with van der Waals surface area (Å²) in [5, 5.41) is 0. The van der Waals surface area contributed by atoms with Gasteiger partial charge in [0, 0.05) is 12.1 Å². The van der Waals surface area contributed by atoms with Crippen LogP contribution in [0.4, 0.5) is 11.4 Å². The quantitative estimate of drug-likeness (QED) is 0.445. The highest BCUT2D eigenvalue weighted by Crippen LogP contribution is 2.33. The minimum absolute atomic E-state index is 0.629. The van der Waals surface area contributed by atoms with Gasteiger partial charge in [0.15, 0.2) is 0 Å². The molecule has 2 aromatic carbocycles. The third-order valence-electron chi connectivity index (χ3n) is 4.84. The molecule has 0 atom stereocenters. The molecule has 0 N–H and O–H groups in total. The Kier molecular flexibility index (Phi) is 7.44. The van der Waals surface area contributed by atoms with Crippen LogP contribution >= 0.6 is 0 Å². The maximum atomic E-state index is 5.44. The fourth-order valence-electron chi connectivity index (χ4n) is 3.07. The Balaban J connectivity index is 1.93. The first-order chi connectivity index (χ1) is 15.5. The number of aromatic nitrogens is 1. The van der Waals surface area contributed by atoms with E-state index in [0.717, 1.165) is 22.8 Å². The summed E-state index contributed by atoms with van der Waals surface area (Å²) in [6, 6.07) is 16.8. The standard InChI is InChI=1S/C25H27N3O4/c1-16(26-22-12-10-18(29-3)14-24(22)31-5)20-8-7-9-21(28-20)17(2)27-23-13-11-19(30-4)15-25(23)32-6/h7-15H,1-6H3. The third-order valence-corrected chi connectivity index (χ3v) is 4.84. The lowest BCUT2D eigenvalue weighted by Gasteiger charge is -2.10. The molecule has 3 aromatic rings. The SMILES string of the molecule is COc1ccc(N=C(C)c2cccc(C(C)=Nc3ccc(OC)cc3OC)n2)c(OC)c1. The molecule has 0 aliphatic rings. The van der Waals surface area contributed by atoms with Crippen molar-refractivity contribution in [2.75, 3.05) is 28.4 Å². The summed E-state index contributed by atoms with van der Waals surface area (Å²) in [6.07, 6.45) is 0. The highest BCUT2D eigenvalue weighted by atomic mass is 16.5. The molecule has 7 nitrogen and oxygen atoms in total. The smallest absolute Gasteiger partial charge is 0.148 e. The molecule has 0 unspecified atom stereocenters. The molecule has 0 saturated heterocycles. The first-order valence-corrected chi connectivity index (χ1v) is 10.0. The second kappa shape index (κ2) is 10.4. The third kappa shape index (κ3) is 5.24. The molecular formula is C25H27N3O4. The Labute approximate surface area is 188 Å². The van der Waals surface area contributed by atoms with Crippen molar-refractivity contribution in [2.24, 2.45) is 9.98 Å². The van der Waals surface area contributed by atoms with Crippen molar-refractivity contribution in [3.63, 3.8) is 0 Å². The number of hydrogen-bond acceptors (Lipinski definition) is 7. The molecule has 32 heavy (non-hydrogen) atoms. The van der Waals surface area contributed by atoms with Crippen LogP contribution in [0.15, 0.2) is 64.6 Å². The first kappa shape index (κ1) is 22.8. The Morgan fingerprint density at radius 3 is 1.44 bits per heavy atom. The van der Waals surface area contributed by atoms with Crippen LogP contribution in [0, 0.1) is 0 Å². The van der Waals surface area contributed by atoms with Gasteiger partial charge in [-0.1, -0.05) is 6.07 Å². The largest absolute Gasteiger partial charge is 0.497 e. The lowest BCUT2D eigenvalue weighted by molar-refractivity contribution is 0.395. The minimum Gasteiger partial charge on any atom is -0.497 e. The second-order valence-corrected chi connectivity index (χ2v) is 6.88. The summed E-state index contributed by atoms with van der Waals surface area (Å²) in [6.45, 7) is 3.82. The summed E-state index contributed by atoms with van der Waals surface area (Å²) in [4.78, 5) is 14.2. The van der Waals surface area contributed by atoms with Crippen LogP contribution in [-0.2, 0) is 0 Å². The van der Waals surface area contributed by atoms with Crippen LogP contribution in [0.25, 0.3) is 0 Å². The molecule has 166 valence electrons. The zero-order chi connectivity index (χ0) is 23.1. The summed E-state index contributed by atoms with van der Waals surface area (Å²) >= 11 is 0. The van der Waals surface area contributed by atoms with Crippen molar-refractivity contribution in [1.29, 1.82) is 0 Å². The van der Waals surface area contributed by atoms with Gasteiger partial charge in [0.05, 0.1) is 51.3 Å². The number of methoxy groups -OCH3 is 4. The lowest BCUT2D eigenvalue weighted by atomic mass is 10.2. The van der Waals surface area contributed by atoms with Crippen molar-refractivity contribution in [3.8, 4) is 23.0 Å². The van der Waals surface area contributed by atoms with E-state index >= 15 is 0 Å². The molecule has 1 heterocycles. The average molecular weight is 434 g/mol. The minimum atomic E-state index is 0.629. The molecule has 0 bridgehead atoms. The van der Waals surface area contributed by atoms with E-state index in [-0.39, 0.29) is 0 Å². The highest BCUT2D eigenvalue weighted by molar-refractivity contribution is 6.02. The molecule has 0 aliphatic carbocycles. The summed E-state index contributed by atoms with van der Waals surface area (Å²) < 4.78 is 21.4. The van der Waals surface area contributed by atoms with Gasteiger partial charge in [-0.15, -0.1) is 0 Å². The average Bonchev–Trinajstić information content (AvgIpc) is 2.84. The van der Waals surface area contributed by atoms with Crippen LogP contribution in [-0.4, -0.2) is 44.8 Å².